The molecule has 35 heavy (non-hydrogen) atoms. The van der Waals surface area contributed by atoms with E-state index in [2.05, 4.69) is 10.6 Å². The molecule has 0 saturated carbocycles. The van der Waals surface area contributed by atoms with E-state index in [1.54, 1.807) is 0 Å². The number of amides is 2. The van der Waals surface area contributed by atoms with Crippen LogP contribution in [-0.2, 0) is 5.41 Å². The lowest BCUT2D eigenvalue weighted by molar-refractivity contribution is -0.297. The van der Waals surface area contributed by atoms with Gasteiger partial charge in [-0.25, -0.2) is 0 Å². The number of nitrogens with zero attached hydrogens (tertiary/aromatic N) is 1. The molecule has 0 aliphatic carbocycles. The lowest BCUT2D eigenvalue weighted by atomic mass is 9.80. The van der Waals surface area contributed by atoms with E-state index in [0.29, 0.717) is 12.1 Å². The molecule has 0 aliphatic heterocycles. The molecule has 2 aromatic rings. The first kappa shape index (κ1) is 28.0. The van der Waals surface area contributed by atoms with Crippen LogP contribution in [0.1, 0.15) is 52.6 Å². The normalized spacial score (nSPS) is 12.6. The van der Waals surface area contributed by atoms with Crippen LogP contribution in [0.15, 0.2) is 36.4 Å². The highest BCUT2D eigenvalue weighted by Gasteiger charge is 2.68. The topological polar surface area (TPSA) is 82.0 Å². The Labute approximate surface area is 202 Å². The minimum atomic E-state index is -5.62. The first-order valence-corrected chi connectivity index (χ1v) is 10.3. The predicted molar refractivity (Wildman–Crippen MR) is 117 cm³/mol. The van der Waals surface area contributed by atoms with Crippen molar-refractivity contribution >= 4 is 29.1 Å². The van der Waals surface area contributed by atoms with Crippen molar-refractivity contribution < 1.29 is 35.9 Å². The molecular weight excluding hydrogens is 500 g/mol. The number of alkyl halides is 6. The zero-order valence-corrected chi connectivity index (χ0v) is 19.6. The summed E-state index contributed by atoms with van der Waals surface area (Å²) in [6.45, 7) is 4.13. The highest BCUT2D eigenvalue weighted by molar-refractivity contribution is 6.31. The van der Waals surface area contributed by atoms with Crippen molar-refractivity contribution in [1.29, 1.82) is 5.26 Å². The van der Waals surface area contributed by atoms with Gasteiger partial charge in [0.2, 0.25) is 0 Å². The minimum Gasteiger partial charge on any atom is -0.334 e. The molecule has 0 atom stereocenters. The van der Waals surface area contributed by atoms with Gasteiger partial charge in [-0.15, -0.1) is 0 Å². The SMILES string of the molecule is Cc1cc(C(C)(C(F)(F)F)C(F)(F)F)ccc1NC(=O)c1ccc(Cl)cc1C(=O)NC(C)(C)C#N. The van der Waals surface area contributed by atoms with Crippen LogP contribution in [0.4, 0.5) is 32.0 Å². The second-order valence-electron chi connectivity index (χ2n) is 8.49. The summed E-state index contributed by atoms with van der Waals surface area (Å²) >= 11 is 5.93. The Morgan fingerprint density at radius 3 is 1.94 bits per heavy atom. The maximum absolute atomic E-state index is 13.4. The number of carbonyl (C=O) groups excluding carboxylic acids is 2. The van der Waals surface area contributed by atoms with Gasteiger partial charge < -0.3 is 10.6 Å². The molecule has 0 heterocycles. The summed E-state index contributed by atoms with van der Waals surface area (Å²) in [6, 6.07) is 7.84. The van der Waals surface area contributed by atoms with Crippen molar-refractivity contribution in [2.45, 2.75) is 51.0 Å². The van der Waals surface area contributed by atoms with Crippen molar-refractivity contribution in [3.05, 3.63) is 63.7 Å². The summed E-state index contributed by atoms with van der Waals surface area (Å²) < 4.78 is 80.3. The van der Waals surface area contributed by atoms with E-state index in [-0.39, 0.29) is 34.3 Å². The molecule has 0 bridgehead atoms. The van der Waals surface area contributed by atoms with Gasteiger partial charge >= 0.3 is 12.4 Å². The average molecular weight is 520 g/mol. The summed E-state index contributed by atoms with van der Waals surface area (Å²) in [7, 11) is 0. The second kappa shape index (κ2) is 9.41. The molecule has 0 fully saturated rings. The number of rotatable bonds is 5. The number of nitriles is 1. The molecule has 12 heteroatoms. The zero-order valence-electron chi connectivity index (χ0n) is 18.9. The number of hydrogen-bond acceptors (Lipinski definition) is 3. The highest BCUT2D eigenvalue weighted by atomic mass is 35.5. The number of anilines is 1. The van der Waals surface area contributed by atoms with Crippen LogP contribution in [0, 0.1) is 18.3 Å². The van der Waals surface area contributed by atoms with E-state index in [1.807, 2.05) is 6.07 Å². The van der Waals surface area contributed by atoms with Gasteiger partial charge in [-0.3, -0.25) is 9.59 Å². The van der Waals surface area contributed by atoms with Crippen molar-refractivity contribution in [2.75, 3.05) is 5.32 Å². The molecule has 2 N–H and O–H groups in total. The summed E-state index contributed by atoms with van der Waals surface area (Å²) in [6.07, 6.45) is -11.2. The molecular formula is C23H20ClF6N3O2. The standard InChI is InChI=1S/C23H20ClF6N3O2/c1-12-9-13(21(4,22(25,26)27)23(28,29)30)5-8-17(12)32-18(34)15-7-6-14(24)10-16(15)19(35)33-20(2,3)11-31/h5-10H,1-4H3,(H,32,34)(H,33,35). The Morgan fingerprint density at radius 2 is 1.46 bits per heavy atom. The quantitative estimate of drug-likeness (QED) is 0.454. The second-order valence-corrected chi connectivity index (χ2v) is 8.92. The van der Waals surface area contributed by atoms with Crippen LogP contribution >= 0.6 is 11.6 Å². The highest BCUT2D eigenvalue weighted by Crippen LogP contribution is 2.52. The Kier molecular flexibility index (Phi) is 7.53. The number of halogens is 7. The van der Waals surface area contributed by atoms with E-state index < -0.39 is 40.7 Å². The van der Waals surface area contributed by atoms with Crippen LogP contribution in [0.5, 0.6) is 0 Å². The first-order valence-electron chi connectivity index (χ1n) is 9.93. The number of nitrogens with one attached hydrogen (secondary N) is 2. The van der Waals surface area contributed by atoms with E-state index in [0.717, 1.165) is 6.07 Å². The van der Waals surface area contributed by atoms with Gasteiger partial charge in [0.15, 0.2) is 5.41 Å². The van der Waals surface area contributed by atoms with Gasteiger partial charge in [-0.1, -0.05) is 23.7 Å². The lowest BCUT2D eigenvalue weighted by Crippen LogP contribution is -2.51. The van der Waals surface area contributed by atoms with E-state index in [4.69, 9.17) is 16.9 Å². The summed E-state index contributed by atoms with van der Waals surface area (Å²) in [5.74, 6) is -1.66. The minimum absolute atomic E-state index is 0.0430. The maximum Gasteiger partial charge on any atom is 0.406 e. The lowest BCUT2D eigenvalue weighted by Gasteiger charge is -2.34. The van der Waals surface area contributed by atoms with Gasteiger partial charge in [-0.2, -0.15) is 31.6 Å². The molecule has 5 nitrogen and oxygen atoms in total. The molecule has 2 aromatic carbocycles. The Hall–Kier alpha value is -3.26. The Morgan fingerprint density at radius 1 is 0.886 bits per heavy atom. The van der Waals surface area contributed by atoms with Crippen LogP contribution in [0.25, 0.3) is 0 Å². The average Bonchev–Trinajstić information content (AvgIpc) is 2.72. The van der Waals surface area contributed by atoms with Crippen molar-refractivity contribution in [1.82, 2.24) is 5.32 Å². The van der Waals surface area contributed by atoms with Crippen LogP contribution in [0.3, 0.4) is 0 Å². The van der Waals surface area contributed by atoms with Crippen LogP contribution in [-0.4, -0.2) is 29.7 Å². The molecule has 2 amide bonds. The summed E-state index contributed by atoms with van der Waals surface area (Å²) in [5.41, 5.74) is -6.94. The molecule has 0 unspecified atom stereocenters. The van der Waals surface area contributed by atoms with Gasteiger partial charge in [-0.05, 0) is 63.1 Å². The molecule has 2 rings (SSSR count). The fraction of sp³-hybridized carbons (Fsp3) is 0.348. The van der Waals surface area contributed by atoms with Crippen molar-refractivity contribution in [2.24, 2.45) is 0 Å². The van der Waals surface area contributed by atoms with Gasteiger partial charge in [0, 0.05) is 10.7 Å². The van der Waals surface area contributed by atoms with Gasteiger partial charge in [0.05, 0.1) is 17.2 Å². The van der Waals surface area contributed by atoms with Gasteiger partial charge in [0.25, 0.3) is 11.8 Å². The summed E-state index contributed by atoms with van der Waals surface area (Å²) in [5, 5.41) is 14.0. The monoisotopic (exact) mass is 519 g/mol. The zero-order chi connectivity index (χ0) is 27.0. The molecule has 0 saturated heterocycles. The molecule has 188 valence electrons. The Balaban J connectivity index is 2.44. The molecule has 0 spiro atoms. The van der Waals surface area contributed by atoms with Crippen molar-refractivity contribution in [3.63, 3.8) is 0 Å². The fourth-order valence-corrected chi connectivity index (χ4v) is 3.25. The summed E-state index contributed by atoms with van der Waals surface area (Å²) in [4.78, 5) is 25.5. The number of hydrogen-bond donors (Lipinski definition) is 2. The third-order valence-corrected chi connectivity index (χ3v) is 5.60. The third kappa shape index (κ3) is 5.70. The molecule has 0 aliphatic rings. The smallest absolute Gasteiger partial charge is 0.334 e. The van der Waals surface area contributed by atoms with E-state index in [9.17, 15) is 35.9 Å². The largest absolute Gasteiger partial charge is 0.406 e. The number of benzene rings is 2. The molecule has 0 aromatic heterocycles. The van der Waals surface area contributed by atoms with Crippen LogP contribution in [0.2, 0.25) is 5.02 Å². The van der Waals surface area contributed by atoms with Gasteiger partial charge in [0.1, 0.15) is 5.54 Å². The van der Waals surface area contributed by atoms with Crippen molar-refractivity contribution in [3.8, 4) is 6.07 Å². The first-order chi connectivity index (χ1) is 15.8. The number of carbonyl (C=O) groups is 2. The maximum atomic E-state index is 13.4. The molecule has 0 radical (unpaired) electrons. The Bertz CT molecular complexity index is 1190. The third-order valence-electron chi connectivity index (χ3n) is 5.36. The van der Waals surface area contributed by atoms with E-state index >= 15 is 0 Å². The fourth-order valence-electron chi connectivity index (χ4n) is 3.07. The van der Waals surface area contributed by atoms with E-state index in [1.165, 1.54) is 39.0 Å². The van der Waals surface area contributed by atoms with Crippen LogP contribution < -0.4 is 10.6 Å². The number of aryl methyl sites for hydroxylation is 1. The predicted octanol–water partition coefficient (Wildman–Crippen LogP) is 6.32.